The number of carbonyl (C=O) groups is 3. The molecule has 1 aromatic rings. The van der Waals surface area contributed by atoms with Gasteiger partial charge in [0.15, 0.2) is 0 Å². The number of rotatable bonds is 6. The molecular formula is C15H19N3O4S. The highest BCUT2D eigenvalue weighted by molar-refractivity contribution is 7.98. The molecule has 0 radical (unpaired) electrons. The minimum Gasteiger partial charge on any atom is -0.447 e. The van der Waals surface area contributed by atoms with Crippen LogP contribution in [0.25, 0.3) is 0 Å². The molecule has 7 nitrogen and oxygen atoms in total. The maximum absolute atomic E-state index is 12.1. The van der Waals surface area contributed by atoms with Gasteiger partial charge in [-0.25, -0.2) is 9.69 Å². The number of carbonyl (C=O) groups excluding carboxylic acids is 3. The number of imide groups is 1. The van der Waals surface area contributed by atoms with Gasteiger partial charge in [0, 0.05) is 4.90 Å². The molecule has 1 saturated heterocycles. The van der Waals surface area contributed by atoms with E-state index >= 15 is 0 Å². The molecule has 124 valence electrons. The monoisotopic (exact) mass is 337 g/mol. The first-order chi connectivity index (χ1) is 11.0. The number of benzene rings is 1. The fraction of sp³-hybridized carbons (Fsp3) is 0.400. The highest BCUT2D eigenvalue weighted by Crippen LogP contribution is 2.24. The van der Waals surface area contributed by atoms with Crippen LogP contribution in [0.1, 0.15) is 0 Å². The maximum Gasteiger partial charge on any atom is 0.416 e. The molecule has 23 heavy (non-hydrogen) atoms. The van der Waals surface area contributed by atoms with Gasteiger partial charge >= 0.3 is 6.09 Å². The van der Waals surface area contributed by atoms with Gasteiger partial charge in [-0.1, -0.05) is 12.1 Å². The molecule has 1 fully saturated rings. The van der Waals surface area contributed by atoms with Crippen LogP contribution in [0.3, 0.4) is 0 Å². The summed E-state index contributed by atoms with van der Waals surface area (Å²) >= 11 is 1.54. The van der Waals surface area contributed by atoms with Gasteiger partial charge in [-0.3, -0.25) is 14.5 Å². The zero-order valence-corrected chi connectivity index (χ0v) is 13.9. The zero-order chi connectivity index (χ0) is 16.8. The summed E-state index contributed by atoms with van der Waals surface area (Å²) in [6.45, 7) is 0.517. The van der Waals surface area contributed by atoms with E-state index in [1.807, 2.05) is 30.5 Å². The number of cyclic esters (lactones) is 1. The Morgan fingerprint density at radius 2 is 2.09 bits per heavy atom. The summed E-state index contributed by atoms with van der Waals surface area (Å²) in [5, 5.41) is 2.83. The second-order valence-electron chi connectivity index (χ2n) is 5.08. The summed E-state index contributed by atoms with van der Waals surface area (Å²) in [5.41, 5.74) is 0.743. The molecule has 0 aromatic heterocycles. The topological polar surface area (TPSA) is 79.0 Å². The predicted molar refractivity (Wildman–Crippen MR) is 87.4 cm³/mol. The molecule has 0 saturated carbocycles. The predicted octanol–water partition coefficient (Wildman–Crippen LogP) is 1.26. The number of nitrogens with zero attached hydrogens (tertiary/aromatic N) is 2. The van der Waals surface area contributed by atoms with E-state index in [4.69, 9.17) is 4.74 Å². The molecule has 2 rings (SSSR count). The largest absolute Gasteiger partial charge is 0.447 e. The van der Waals surface area contributed by atoms with E-state index in [0.29, 0.717) is 0 Å². The van der Waals surface area contributed by atoms with E-state index in [1.165, 1.54) is 0 Å². The van der Waals surface area contributed by atoms with Gasteiger partial charge < -0.3 is 10.1 Å². The number of para-hydroxylation sites is 1. The third-order valence-corrected chi connectivity index (χ3v) is 4.06. The highest BCUT2D eigenvalue weighted by Gasteiger charge is 2.28. The molecule has 0 atom stereocenters. The summed E-state index contributed by atoms with van der Waals surface area (Å²) < 4.78 is 4.72. The maximum atomic E-state index is 12.1. The SMILES string of the molecule is CSc1ccccc1NC(=O)CN(C)CC(=O)N1CCOC1=O. The van der Waals surface area contributed by atoms with Gasteiger partial charge in [-0.15, -0.1) is 11.8 Å². The Balaban J connectivity index is 1.85. The fourth-order valence-electron chi connectivity index (χ4n) is 2.17. The highest BCUT2D eigenvalue weighted by atomic mass is 32.2. The number of anilines is 1. The lowest BCUT2D eigenvalue weighted by atomic mass is 10.3. The average molecular weight is 337 g/mol. The number of ether oxygens (including phenoxy) is 1. The van der Waals surface area contributed by atoms with Crippen molar-refractivity contribution in [1.29, 1.82) is 0 Å². The molecule has 1 aliphatic rings. The second kappa shape index (κ2) is 7.98. The van der Waals surface area contributed by atoms with Crippen molar-refractivity contribution >= 4 is 35.4 Å². The molecule has 1 N–H and O–H groups in total. The number of likely N-dealkylation sites (N-methyl/N-ethyl adjacent to an activating group) is 1. The van der Waals surface area contributed by atoms with E-state index in [-0.39, 0.29) is 38.1 Å². The van der Waals surface area contributed by atoms with Crippen LogP contribution in [0.2, 0.25) is 0 Å². The fourth-order valence-corrected chi connectivity index (χ4v) is 2.73. The number of hydrogen-bond acceptors (Lipinski definition) is 6. The van der Waals surface area contributed by atoms with Gasteiger partial charge in [0.05, 0.1) is 25.3 Å². The molecule has 1 aromatic carbocycles. The van der Waals surface area contributed by atoms with E-state index in [1.54, 1.807) is 23.7 Å². The van der Waals surface area contributed by atoms with Crippen LogP contribution in [0.15, 0.2) is 29.2 Å². The van der Waals surface area contributed by atoms with E-state index in [0.717, 1.165) is 15.5 Å². The van der Waals surface area contributed by atoms with Gasteiger partial charge in [-0.2, -0.15) is 0 Å². The average Bonchev–Trinajstić information content (AvgIpc) is 2.93. The van der Waals surface area contributed by atoms with Crippen LogP contribution in [0, 0.1) is 0 Å². The van der Waals surface area contributed by atoms with Crippen LogP contribution in [0.5, 0.6) is 0 Å². The van der Waals surface area contributed by atoms with Crippen LogP contribution < -0.4 is 5.32 Å². The quantitative estimate of drug-likeness (QED) is 0.787. The first kappa shape index (κ1) is 17.3. The summed E-state index contributed by atoms with van der Waals surface area (Å²) in [7, 11) is 1.65. The third-order valence-electron chi connectivity index (χ3n) is 3.26. The second-order valence-corrected chi connectivity index (χ2v) is 5.93. The van der Waals surface area contributed by atoms with Crippen molar-refractivity contribution in [1.82, 2.24) is 9.80 Å². The van der Waals surface area contributed by atoms with E-state index < -0.39 is 6.09 Å². The molecule has 0 aliphatic carbocycles. The van der Waals surface area contributed by atoms with E-state index in [9.17, 15) is 14.4 Å². The molecule has 8 heteroatoms. The summed E-state index contributed by atoms with van der Waals surface area (Å²) in [4.78, 5) is 38.9. The molecule has 0 spiro atoms. The Morgan fingerprint density at radius 1 is 1.35 bits per heavy atom. The first-order valence-corrected chi connectivity index (χ1v) is 8.32. The summed E-state index contributed by atoms with van der Waals surface area (Å²) in [6.07, 6.45) is 1.31. The number of hydrogen-bond donors (Lipinski definition) is 1. The molecule has 1 aliphatic heterocycles. The Morgan fingerprint density at radius 3 is 2.74 bits per heavy atom. The van der Waals surface area contributed by atoms with Crippen LogP contribution in [-0.2, 0) is 14.3 Å². The molecule has 3 amide bonds. The van der Waals surface area contributed by atoms with Crippen molar-refractivity contribution in [3.05, 3.63) is 24.3 Å². The lowest BCUT2D eigenvalue weighted by Gasteiger charge is -2.18. The van der Waals surface area contributed by atoms with E-state index in [2.05, 4.69) is 5.32 Å². The van der Waals surface area contributed by atoms with Crippen molar-refractivity contribution in [2.45, 2.75) is 4.90 Å². The summed E-state index contributed by atoms with van der Waals surface area (Å²) in [6, 6.07) is 7.50. The van der Waals surface area contributed by atoms with Gasteiger partial charge in [-0.05, 0) is 25.4 Å². The molecule has 0 unspecified atom stereocenters. The lowest BCUT2D eigenvalue weighted by molar-refractivity contribution is -0.129. The summed E-state index contributed by atoms with van der Waals surface area (Å²) in [5.74, 6) is -0.585. The molecular weight excluding hydrogens is 318 g/mol. The Bertz CT molecular complexity index is 608. The number of nitrogens with one attached hydrogen (secondary N) is 1. The number of amides is 3. The van der Waals surface area contributed by atoms with Gasteiger partial charge in [0.1, 0.15) is 6.61 Å². The van der Waals surface area contributed by atoms with Crippen molar-refractivity contribution in [3.8, 4) is 0 Å². The Labute approximate surface area is 139 Å². The lowest BCUT2D eigenvalue weighted by Crippen LogP contribution is -2.41. The standard InChI is InChI=1S/C15H19N3O4S/c1-17(10-14(20)18-7-8-22-15(18)21)9-13(19)16-11-5-3-4-6-12(11)23-2/h3-6H,7-10H2,1-2H3,(H,16,19). The minimum atomic E-state index is -0.623. The van der Waals surface area contributed by atoms with Gasteiger partial charge in [0.2, 0.25) is 11.8 Å². The minimum absolute atomic E-state index is 0.0211. The van der Waals surface area contributed by atoms with Gasteiger partial charge in [0.25, 0.3) is 0 Å². The zero-order valence-electron chi connectivity index (χ0n) is 13.1. The number of thioether (sulfide) groups is 1. The van der Waals surface area contributed by atoms with Crippen LogP contribution in [0.4, 0.5) is 10.5 Å². The first-order valence-electron chi connectivity index (χ1n) is 7.10. The van der Waals surface area contributed by atoms with Crippen molar-refractivity contribution in [3.63, 3.8) is 0 Å². The molecule has 0 bridgehead atoms. The van der Waals surface area contributed by atoms with Crippen LogP contribution in [-0.4, -0.2) is 67.3 Å². The third kappa shape index (κ3) is 4.70. The van der Waals surface area contributed by atoms with Crippen molar-refractivity contribution in [2.75, 3.05) is 44.9 Å². The Kier molecular flexibility index (Phi) is 6.00. The van der Waals surface area contributed by atoms with Crippen molar-refractivity contribution in [2.24, 2.45) is 0 Å². The van der Waals surface area contributed by atoms with Crippen molar-refractivity contribution < 1.29 is 19.1 Å². The smallest absolute Gasteiger partial charge is 0.416 e. The van der Waals surface area contributed by atoms with Crippen LogP contribution >= 0.6 is 11.8 Å². The Hall–Kier alpha value is -2.06. The molecule has 1 heterocycles. The normalized spacial score (nSPS) is 14.0.